The van der Waals surface area contributed by atoms with E-state index < -0.39 is 6.03 Å². The Balaban J connectivity index is 1.98. The Labute approximate surface area is 111 Å². The molecular formula is C15H13N3O. The minimum absolute atomic E-state index is 0.209. The topological polar surface area (TPSA) is 67.5 Å². The van der Waals surface area contributed by atoms with Crippen molar-refractivity contribution < 1.29 is 4.79 Å². The predicted octanol–water partition coefficient (Wildman–Crippen LogP) is 1.78. The SMILES string of the molecule is NC(=O)NN=Cc1ccc(C#CC2C=CC=C2)cc1. The third-order valence-corrected chi connectivity index (χ3v) is 2.43. The van der Waals surface area contributed by atoms with Gasteiger partial charge in [-0.25, -0.2) is 10.2 Å². The number of hydrogen-bond donors (Lipinski definition) is 2. The molecule has 1 aliphatic carbocycles. The van der Waals surface area contributed by atoms with Gasteiger partial charge < -0.3 is 5.73 Å². The fraction of sp³-hybridized carbons (Fsp3) is 0.0667. The zero-order chi connectivity index (χ0) is 13.5. The molecule has 0 spiro atoms. The van der Waals surface area contributed by atoms with E-state index in [1.54, 1.807) is 0 Å². The number of primary amides is 1. The molecule has 94 valence electrons. The number of carbonyl (C=O) groups is 1. The normalized spacial score (nSPS) is 13.5. The summed E-state index contributed by atoms with van der Waals surface area (Å²) in [6.45, 7) is 0. The van der Waals surface area contributed by atoms with Gasteiger partial charge in [0.1, 0.15) is 0 Å². The highest BCUT2D eigenvalue weighted by atomic mass is 16.2. The highest BCUT2D eigenvalue weighted by Gasteiger charge is 1.97. The van der Waals surface area contributed by atoms with E-state index in [0.29, 0.717) is 0 Å². The van der Waals surface area contributed by atoms with Gasteiger partial charge in [0, 0.05) is 5.56 Å². The molecule has 0 atom stereocenters. The maximum absolute atomic E-state index is 10.4. The Kier molecular flexibility index (Phi) is 4.14. The lowest BCUT2D eigenvalue weighted by Crippen LogP contribution is -2.24. The second kappa shape index (κ2) is 6.22. The smallest absolute Gasteiger partial charge is 0.332 e. The summed E-state index contributed by atoms with van der Waals surface area (Å²) in [5.74, 6) is 6.46. The van der Waals surface area contributed by atoms with E-state index in [-0.39, 0.29) is 5.92 Å². The maximum atomic E-state index is 10.4. The van der Waals surface area contributed by atoms with Gasteiger partial charge in [-0.15, -0.1) is 0 Å². The van der Waals surface area contributed by atoms with Crippen LogP contribution < -0.4 is 11.2 Å². The van der Waals surface area contributed by atoms with E-state index >= 15 is 0 Å². The summed E-state index contributed by atoms with van der Waals surface area (Å²) in [5, 5.41) is 3.68. The predicted molar refractivity (Wildman–Crippen MR) is 75.4 cm³/mol. The van der Waals surface area contributed by atoms with Crippen molar-refractivity contribution in [1.82, 2.24) is 5.43 Å². The quantitative estimate of drug-likeness (QED) is 0.469. The number of hydrazone groups is 1. The number of nitrogens with zero attached hydrogens (tertiary/aromatic N) is 1. The molecular weight excluding hydrogens is 238 g/mol. The molecule has 0 aromatic heterocycles. The molecule has 0 saturated carbocycles. The van der Waals surface area contributed by atoms with Gasteiger partial charge in [0.05, 0.1) is 12.1 Å². The zero-order valence-electron chi connectivity index (χ0n) is 10.2. The molecule has 19 heavy (non-hydrogen) atoms. The van der Waals surface area contributed by atoms with Crippen molar-refractivity contribution in [2.45, 2.75) is 0 Å². The number of carbonyl (C=O) groups excluding carboxylic acids is 1. The lowest BCUT2D eigenvalue weighted by molar-refractivity contribution is 0.249. The summed E-state index contributed by atoms with van der Waals surface area (Å²) in [4.78, 5) is 10.4. The molecule has 0 fully saturated rings. The van der Waals surface area contributed by atoms with E-state index in [0.717, 1.165) is 11.1 Å². The van der Waals surface area contributed by atoms with Crippen molar-refractivity contribution >= 4 is 12.2 Å². The van der Waals surface area contributed by atoms with Crippen molar-refractivity contribution in [1.29, 1.82) is 0 Å². The van der Waals surface area contributed by atoms with Crippen LogP contribution in [0.25, 0.3) is 0 Å². The molecule has 4 heteroatoms. The molecule has 1 aromatic carbocycles. The minimum Gasteiger partial charge on any atom is -0.350 e. The molecule has 1 aliphatic rings. The minimum atomic E-state index is -0.684. The third kappa shape index (κ3) is 4.17. The van der Waals surface area contributed by atoms with Crippen LogP contribution in [0.1, 0.15) is 11.1 Å². The highest BCUT2D eigenvalue weighted by Crippen LogP contribution is 2.07. The van der Waals surface area contributed by atoms with Gasteiger partial charge in [0.2, 0.25) is 0 Å². The lowest BCUT2D eigenvalue weighted by Gasteiger charge is -1.95. The molecule has 1 aromatic rings. The van der Waals surface area contributed by atoms with Crippen molar-refractivity contribution in [3.8, 4) is 11.8 Å². The number of nitrogens with one attached hydrogen (secondary N) is 1. The van der Waals surface area contributed by atoms with E-state index in [2.05, 4.69) is 22.4 Å². The van der Waals surface area contributed by atoms with Crippen LogP contribution >= 0.6 is 0 Å². The monoisotopic (exact) mass is 251 g/mol. The molecule has 0 saturated heterocycles. The van der Waals surface area contributed by atoms with Crippen LogP contribution in [0.5, 0.6) is 0 Å². The molecule has 0 unspecified atom stereocenters. The van der Waals surface area contributed by atoms with Crippen molar-refractivity contribution in [2.24, 2.45) is 16.8 Å². The number of hydrogen-bond acceptors (Lipinski definition) is 2. The fourth-order valence-electron chi connectivity index (χ4n) is 1.52. The van der Waals surface area contributed by atoms with Crippen LogP contribution in [-0.4, -0.2) is 12.2 Å². The molecule has 3 N–H and O–H groups in total. The highest BCUT2D eigenvalue weighted by molar-refractivity contribution is 5.81. The van der Waals surface area contributed by atoms with Crippen LogP contribution in [0, 0.1) is 17.8 Å². The molecule has 0 heterocycles. The zero-order valence-corrected chi connectivity index (χ0v) is 10.2. The van der Waals surface area contributed by atoms with E-state index in [4.69, 9.17) is 5.73 Å². The second-order valence-corrected chi connectivity index (χ2v) is 3.92. The number of amides is 2. The number of benzene rings is 1. The summed E-state index contributed by atoms with van der Waals surface area (Å²) in [6, 6.07) is 6.87. The van der Waals surface area contributed by atoms with Gasteiger partial charge in [-0.05, 0) is 17.7 Å². The summed E-state index contributed by atoms with van der Waals surface area (Å²) in [5.41, 5.74) is 8.82. The van der Waals surface area contributed by atoms with Crippen LogP contribution in [0.3, 0.4) is 0 Å². The van der Waals surface area contributed by atoms with Crippen LogP contribution in [0.4, 0.5) is 4.79 Å². The van der Waals surface area contributed by atoms with E-state index in [1.165, 1.54) is 6.21 Å². The van der Waals surface area contributed by atoms with Crippen molar-refractivity contribution in [3.05, 3.63) is 59.7 Å². The standard InChI is InChI=1S/C15H13N3O/c16-15(19)18-17-11-14-9-7-13(8-10-14)6-5-12-3-1-2-4-12/h1-4,7-12H,(H3,16,18,19). The molecule has 2 amide bonds. The van der Waals surface area contributed by atoms with E-state index in [1.807, 2.05) is 48.6 Å². The number of rotatable bonds is 2. The first-order valence-electron chi connectivity index (χ1n) is 5.79. The van der Waals surface area contributed by atoms with Gasteiger partial charge in [0.25, 0.3) is 0 Å². The summed E-state index contributed by atoms with van der Waals surface area (Å²) < 4.78 is 0. The van der Waals surface area contributed by atoms with Crippen molar-refractivity contribution in [3.63, 3.8) is 0 Å². The number of nitrogens with two attached hydrogens (primary N) is 1. The summed E-state index contributed by atoms with van der Waals surface area (Å²) in [6.07, 6.45) is 9.59. The Morgan fingerprint density at radius 3 is 2.58 bits per heavy atom. The second-order valence-electron chi connectivity index (χ2n) is 3.92. The summed E-state index contributed by atoms with van der Waals surface area (Å²) in [7, 11) is 0. The van der Waals surface area contributed by atoms with Gasteiger partial charge in [-0.3, -0.25) is 0 Å². The van der Waals surface area contributed by atoms with Crippen LogP contribution in [0.15, 0.2) is 53.7 Å². The molecule has 0 radical (unpaired) electrons. The Morgan fingerprint density at radius 2 is 1.95 bits per heavy atom. The van der Waals surface area contributed by atoms with E-state index in [9.17, 15) is 4.79 Å². The van der Waals surface area contributed by atoms with Crippen LogP contribution in [-0.2, 0) is 0 Å². The van der Waals surface area contributed by atoms with Gasteiger partial charge in [-0.1, -0.05) is 48.3 Å². The molecule has 0 aliphatic heterocycles. The fourth-order valence-corrected chi connectivity index (χ4v) is 1.52. The first kappa shape index (κ1) is 12.7. The van der Waals surface area contributed by atoms with Gasteiger partial charge >= 0.3 is 6.03 Å². The number of urea groups is 1. The first-order chi connectivity index (χ1) is 9.24. The summed E-state index contributed by atoms with van der Waals surface area (Å²) >= 11 is 0. The molecule has 0 bridgehead atoms. The van der Waals surface area contributed by atoms with Crippen LogP contribution in [0.2, 0.25) is 0 Å². The molecule has 2 rings (SSSR count). The van der Waals surface area contributed by atoms with Gasteiger partial charge in [-0.2, -0.15) is 5.10 Å². The average molecular weight is 251 g/mol. The average Bonchev–Trinajstić information content (AvgIpc) is 2.90. The number of allylic oxidation sites excluding steroid dienone is 4. The lowest BCUT2D eigenvalue weighted by atomic mass is 10.1. The maximum Gasteiger partial charge on any atom is 0.332 e. The first-order valence-corrected chi connectivity index (χ1v) is 5.79. The third-order valence-electron chi connectivity index (χ3n) is 2.43. The van der Waals surface area contributed by atoms with Crippen molar-refractivity contribution in [2.75, 3.05) is 0 Å². The Morgan fingerprint density at radius 1 is 1.26 bits per heavy atom. The molecule has 4 nitrogen and oxygen atoms in total. The largest absolute Gasteiger partial charge is 0.350 e. The van der Waals surface area contributed by atoms with Gasteiger partial charge in [0.15, 0.2) is 0 Å². The Hall–Kier alpha value is -2.80. The Bertz CT molecular complexity index is 589.